The van der Waals surface area contributed by atoms with E-state index in [9.17, 15) is 14.4 Å². The number of ether oxygens (including phenoxy) is 2. The Labute approximate surface area is 126 Å². The van der Waals surface area contributed by atoms with Gasteiger partial charge in [-0.1, -0.05) is 12.1 Å². The van der Waals surface area contributed by atoms with E-state index in [-0.39, 0.29) is 6.54 Å². The molecule has 0 N–H and O–H groups in total. The van der Waals surface area contributed by atoms with Gasteiger partial charge in [-0.15, -0.1) is 0 Å². The van der Waals surface area contributed by atoms with Crippen LogP contribution in [0, 0.1) is 0 Å². The van der Waals surface area contributed by atoms with Crippen LogP contribution < -0.4 is 15.9 Å². The van der Waals surface area contributed by atoms with Gasteiger partial charge in [0, 0.05) is 12.4 Å². The molecular weight excluding hydrogens is 288 g/mol. The fraction of sp³-hybridized carbons (Fsp3) is 0.267. The standard InChI is InChI=1S/C15H16N2O5/c1-3-22-12-7-5-4-6-11(12)17-9-8-16(10-13(18)21-2)14(19)15(17)20/h4-9H,3,10H2,1-2H3. The lowest BCUT2D eigenvalue weighted by Gasteiger charge is -2.12. The van der Waals surface area contributed by atoms with E-state index in [1.54, 1.807) is 24.3 Å². The molecule has 1 aromatic heterocycles. The zero-order valence-corrected chi connectivity index (χ0v) is 12.3. The van der Waals surface area contributed by atoms with Crippen molar-refractivity contribution in [1.29, 1.82) is 0 Å². The Morgan fingerprint density at radius 1 is 1.14 bits per heavy atom. The lowest BCUT2D eigenvalue weighted by Crippen LogP contribution is -2.41. The number of methoxy groups -OCH3 is 1. The topological polar surface area (TPSA) is 79.5 Å². The van der Waals surface area contributed by atoms with Gasteiger partial charge in [-0.05, 0) is 19.1 Å². The average Bonchev–Trinajstić information content (AvgIpc) is 2.53. The van der Waals surface area contributed by atoms with Crippen molar-refractivity contribution >= 4 is 5.97 Å². The van der Waals surface area contributed by atoms with Crippen LogP contribution in [0.25, 0.3) is 5.69 Å². The highest BCUT2D eigenvalue weighted by Crippen LogP contribution is 2.20. The van der Waals surface area contributed by atoms with Crippen molar-refractivity contribution < 1.29 is 14.3 Å². The molecule has 0 saturated heterocycles. The lowest BCUT2D eigenvalue weighted by atomic mass is 10.3. The summed E-state index contributed by atoms with van der Waals surface area (Å²) in [4.78, 5) is 35.5. The van der Waals surface area contributed by atoms with Gasteiger partial charge in [0.1, 0.15) is 12.3 Å². The third kappa shape index (κ3) is 3.08. The number of hydrogen-bond acceptors (Lipinski definition) is 5. The molecule has 0 saturated carbocycles. The number of carbonyl (C=O) groups is 1. The Morgan fingerprint density at radius 2 is 1.86 bits per heavy atom. The van der Waals surface area contributed by atoms with Gasteiger partial charge < -0.3 is 9.47 Å². The van der Waals surface area contributed by atoms with Crippen molar-refractivity contribution in [2.75, 3.05) is 13.7 Å². The largest absolute Gasteiger partial charge is 0.492 e. The van der Waals surface area contributed by atoms with Gasteiger partial charge in [0.05, 0.1) is 19.4 Å². The van der Waals surface area contributed by atoms with Gasteiger partial charge in [-0.25, -0.2) is 0 Å². The van der Waals surface area contributed by atoms with Gasteiger partial charge in [0.15, 0.2) is 0 Å². The monoisotopic (exact) mass is 304 g/mol. The first-order chi connectivity index (χ1) is 10.6. The van der Waals surface area contributed by atoms with Gasteiger partial charge in [-0.2, -0.15) is 0 Å². The summed E-state index contributed by atoms with van der Waals surface area (Å²) in [6.07, 6.45) is 2.79. The molecule has 0 fully saturated rings. The predicted molar refractivity (Wildman–Crippen MR) is 79.5 cm³/mol. The second-order valence-electron chi connectivity index (χ2n) is 4.38. The molecule has 116 valence electrons. The van der Waals surface area contributed by atoms with Crippen molar-refractivity contribution in [3.05, 3.63) is 57.4 Å². The molecule has 0 bridgehead atoms. The number of hydrogen-bond donors (Lipinski definition) is 0. The van der Waals surface area contributed by atoms with Crippen LogP contribution in [0.1, 0.15) is 6.92 Å². The number of esters is 1. The highest BCUT2D eigenvalue weighted by Gasteiger charge is 2.12. The Bertz CT molecular complexity index is 791. The minimum absolute atomic E-state index is 0.307. The average molecular weight is 304 g/mol. The van der Waals surface area contributed by atoms with Crippen LogP contribution in [-0.2, 0) is 16.1 Å². The zero-order chi connectivity index (χ0) is 16.1. The maximum Gasteiger partial charge on any atom is 0.325 e. The normalized spacial score (nSPS) is 10.3. The van der Waals surface area contributed by atoms with E-state index < -0.39 is 17.1 Å². The Morgan fingerprint density at radius 3 is 2.55 bits per heavy atom. The molecule has 0 spiro atoms. The molecule has 2 aromatic rings. The van der Waals surface area contributed by atoms with Crippen LogP contribution in [0.5, 0.6) is 5.75 Å². The Hall–Kier alpha value is -2.83. The summed E-state index contributed by atoms with van der Waals surface area (Å²) in [6, 6.07) is 6.91. The van der Waals surface area contributed by atoms with Crippen LogP contribution in [-0.4, -0.2) is 28.8 Å². The summed E-state index contributed by atoms with van der Waals surface area (Å²) in [6.45, 7) is 1.96. The third-order valence-electron chi connectivity index (χ3n) is 3.01. The molecule has 1 aromatic carbocycles. The van der Waals surface area contributed by atoms with Crippen molar-refractivity contribution in [2.24, 2.45) is 0 Å². The van der Waals surface area contributed by atoms with Gasteiger partial charge >= 0.3 is 17.1 Å². The summed E-state index contributed by atoms with van der Waals surface area (Å²) < 4.78 is 12.1. The van der Waals surface area contributed by atoms with Crippen LogP contribution in [0.3, 0.4) is 0 Å². The number of aromatic nitrogens is 2. The molecule has 0 radical (unpaired) electrons. The van der Waals surface area contributed by atoms with Gasteiger partial charge in [0.2, 0.25) is 0 Å². The number of nitrogens with zero attached hydrogens (tertiary/aromatic N) is 2. The third-order valence-corrected chi connectivity index (χ3v) is 3.01. The van der Waals surface area contributed by atoms with E-state index in [0.717, 1.165) is 4.57 Å². The van der Waals surface area contributed by atoms with Crippen LogP contribution in [0.4, 0.5) is 0 Å². The van der Waals surface area contributed by atoms with Crippen molar-refractivity contribution in [3.63, 3.8) is 0 Å². The van der Waals surface area contributed by atoms with E-state index in [2.05, 4.69) is 4.74 Å². The number of benzene rings is 1. The van der Waals surface area contributed by atoms with E-state index in [0.29, 0.717) is 18.0 Å². The summed E-state index contributed by atoms with van der Waals surface area (Å²) >= 11 is 0. The fourth-order valence-electron chi connectivity index (χ4n) is 1.96. The number of carbonyl (C=O) groups excluding carboxylic acids is 1. The van der Waals surface area contributed by atoms with E-state index >= 15 is 0 Å². The van der Waals surface area contributed by atoms with E-state index in [1.165, 1.54) is 24.1 Å². The Balaban J connectivity index is 2.51. The second-order valence-corrected chi connectivity index (χ2v) is 4.38. The molecule has 22 heavy (non-hydrogen) atoms. The van der Waals surface area contributed by atoms with Crippen molar-refractivity contribution in [3.8, 4) is 11.4 Å². The molecule has 0 aliphatic rings. The minimum Gasteiger partial charge on any atom is -0.492 e. The Kier molecular flexibility index (Phi) is 4.77. The molecule has 0 atom stereocenters. The summed E-state index contributed by atoms with van der Waals surface area (Å²) in [5, 5.41) is 0. The fourth-order valence-corrected chi connectivity index (χ4v) is 1.96. The first-order valence-corrected chi connectivity index (χ1v) is 6.69. The first kappa shape index (κ1) is 15.6. The first-order valence-electron chi connectivity index (χ1n) is 6.69. The van der Waals surface area contributed by atoms with E-state index in [4.69, 9.17) is 4.74 Å². The molecule has 2 rings (SSSR count). The van der Waals surface area contributed by atoms with Crippen molar-refractivity contribution in [2.45, 2.75) is 13.5 Å². The van der Waals surface area contributed by atoms with Gasteiger partial charge in [0.25, 0.3) is 0 Å². The molecule has 7 nitrogen and oxygen atoms in total. The number of rotatable bonds is 5. The SMILES string of the molecule is CCOc1ccccc1-n1ccn(CC(=O)OC)c(=O)c1=O. The quantitative estimate of drug-likeness (QED) is 0.596. The van der Waals surface area contributed by atoms with Gasteiger partial charge in [-0.3, -0.25) is 23.5 Å². The maximum absolute atomic E-state index is 12.2. The molecule has 0 aliphatic heterocycles. The highest BCUT2D eigenvalue weighted by atomic mass is 16.5. The maximum atomic E-state index is 12.2. The zero-order valence-electron chi connectivity index (χ0n) is 12.3. The van der Waals surface area contributed by atoms with Crippen molar-refractivity contribution in [1.82, 2.24) is 9.13 Å². The van der Waals surface area contributed by atoms with Crippen LogP contribution >= 0.6 is 0 Å². The molecule has 0 unspecified atom stereocenters. The lowest BCUT2D eigenvalue weighted by molar-refractivity contribution is -0.141. The second kappa shape index (κ2) is 6.75. The minimum atomic E-state index is -0.806. The molecule has 0 aliphatic carbocycles. The highest BCUT2D eigenvalue weighted by molar-refractivity contribution is 5.68. The summed E-state index contributed by atoms with van der Waals surface area (Å²) in [5.41, 5.74) is -1.10. The van der Waals surface area contributed by atoms with Crippen LogP contribution in [0.15, 0.2) is 46.2 Å². The molecule has 0 amide bonds. The summed E-state index contributed by atoms with van der Waals surface area (Å²) in [7, 11) is 1.22. The van der Waals surface area contributed by atoms with Crippen LogP contribution in [0.2, 0.25) is 0 Å². The summed E-state index contributed by atoms with van der Waals surface area (Å²) in [5.74, 6) is -0.105. The predicted octanol–water partition coefficient (Wildman–Crippen LogP) is 0.571. The number of para-hydroxylation sites is 2. The van der Waals surface area contributed by atoms with E-state index in [1.807, 2.05) is 6.92 Å². The molecular formula is C15H16N2O5. The smallest absolute Gasteiger partial charge is 0.325 e. The molecule has 1 heterocycles. The molecule has 7 heteroatoms.